The van der Waals surface area contributed by atoms with Gasteiger partial charge in [0.2, 0.25) is 69.1 Å². The molecule has 2 bridgehead atoms. The summed E-state index contributed by atoms with van der Waals surface area (Å²) in [5, 5.41) is 19.8. The molecule has 0 aromatic carbocycles. The molecule has 10 amide bonds. The zero-order valence-electron chi connectivity index (χ0n) is 38.1. The molecule has 3 rings (SSSR count). The molecule has 24 nitrogen and oxygen atoms in total. The molecule has 0 aliphatic carbocycles. The molecule has 0 aromatic heterocycles. The van der Waals surface area contributed by atoms with Gasteiger partial charge in [-0.15, -0.1) is 0 Å². The Labute approximate surface area is 383 Å². The Morgan fingerprint density at radius 1 is 0.646 bits per heavy atom. The molecular weight excluding hydrogens is 893 g/mol. The molecule has 3 aliphatic rings. The fourth-order valence-corrected chi connectivity index (χ4v) is 9.96. The summed E-state index contributed by atoms with van der Waals surface area (Å²) in [6.45, 7) is 10.1. The van der Waals surface area contributed by atoms with Gasteiger partial charge in [0.05, 0.1) is 6.26 Å². The summed E-state index contributed by atoms with van der Waals surface area (Å²) in [6, 6.07) is -11.3. The smallest absolute Gasteiger partial charge is 0.243 e. The van der Waals surface area contributed by atoms with Crippen LogP contribution in [-0.4, -0.2) is 174 Å². The quantitative estimate of drug-likeness (QED) is 0.0455. The number of primary amides is 1. The number of sulfonamides is 1. The minimum absolute atomic E-state index is 0.0243. The second-order valence-electron chi connectivity index (χ2n) is 16.9. The third-order valence-corrected chi connectivity index (χ3v) is 14.0. The van der Waals surface area contributed by atoms with Crippen LogP contribution >= 0.6 is 11.8 Å². The van der Waals surface area contributed by atoms with Crippen molar-refractivity contribution in [3.05, 3.63) is 0 Å². The van der Waals surface area contributed by atoms with E-state index in [9.17, 15) is 56.4 Å². The van der Waals surface area contributed by atoms with E-state index in [1.807, 2.05) is 0 Å². The summed E-state index contributed by atoms with van der Waals surface area (Å²) in [6.07, 6.45) is 3.31. The number of amides is 10. The van der Waals surface area contributed by atoms with Crippen molar-refractivity contribution in [2.24, 2.45) is 11.5 Å². The molecule has 366 valence electrons. The second kappa shape index (κ2) is 23.9. The van der Waals surface area contributed by atoms with E-state index in [0.717, 1.165) is 6.26 Å². The van der Waals surface area contributed by atoms with E-state index in [1.54, 1.807) is 11.8 Å². The number of fused-ring (bicyclic) bond motifs is 3. The third kappa shape index (κ3) is 15.2. The number of carbonyl (C=O) groups excluding carboxylic acids is 10. The fourth-order valence-electron chi connectivity index (χ4n) is 7.38. The minimum atomic E-state index is -3.67. The molecule has 12 atom stereocenters. The summed E-state index contributed by atoms with van der Waals surface area (Å²) in [4.78, 5) is 131. The zero-order chi connectivity index (χ0) is 49.1. The largest absolute Gasteiger partial charge is 0.368 e. The lowest BCUT2D eigenvalue weighted by Gasteiger charge is -2.35. The van der Waals surface area contributed by atoms with Crippen LogP contribution in [0.25, 0.3) is 0 Å². The number of hydrogen-bond acceptors (Lipinski definition) is 14. The van der Waals surface area contributed by atoms with Gasteiger partial charge < -0.3 is 58.9 Å². The first-order valence-electron chi connectivity index (χ1n) is 21.6. The topological polar surface area (TPSA) is 360 Å². The number of rotatable bonds is 22. The molecule has 1 unspecified atom stereocenters. The lowest BCUT2D eigenvalue weighted by molar-refractivity contribution is -0.143. The van der Waals surface area contributed by atoms with E-state index in [-0.39, 0.29) is 24.3 Å². The third-order valence-electron chi connectivity index (χ3n) is 11.4. The Bertz CT molecular complexity index is 1940. The van der Waals surface area contributed by atoms with E-state index < -0.39 is 130 Å². The molecular formula is C39H66N12O12S2. The molecule has 65 heavy (non-hydrogen) atoms. The van der Waals surface area contributed by atoms with Crippen LogP contribution in [0.5, 0.6) is 0 Å². The molecule has 3 heterocycles. The highest BCUT2D eigenvalue weighted by Gasteiger charge is 2.51. The van der Waals surface area contributed by atoms with E-state index >= 15 is 0 Å². The maximum Gasteiger partial charge on any atom is 0.243 e. The van der Waals surface area contributed by atoms with Crippen LogP contribution in [0.2, 0.25) is 0 Å². The van der Waals surface area contributed by atoms with Gasteiger partial charge in [0.25, 0.3) is 0 Å². The summed E-state index contributed by atoms with van der Waals surface area (Å²) in [5.41, 5.74) is 10.8. The van der Waals surface area contributed by atoms with Gasteiger partial charge in [0.15, 0.2) is 0 Å². The van der Waals surface area contributed by atoms with Crippen molar-refractivity contribution in [1.29, 1.82) is 0 Å². The molecule has 3 saturated heterocycles. The SMILES string of the molecule is C[C@H](NC(=O)[C@H](C)NC(=O)[C@H](C)NC(=O)[C@H](CCCCN)NC(=O)[C@H](C)NC(=O)[C@H](C)NC(=O)[C@H](C)NC(=O)[C@H](C)NC(=O)[C@@H]1CCC2CS[C@@H]3C[C@H](C(=O)N21)N(S(C)(=O)=O)C3)C(N)=O. The standard InChI is InChI=1S/C39H66N12O12S2/c1-18(30(41)52)42-31(53)19(2)43-34(56)22(5)47-37(59)27(11-9-10-14-40)49-36(58)24(7)46-33(55)21(4)44-32(54)20(3)45-35(57)23(6)48-38(60)28-13-12-25-17-64-26-15-29(39(61)51(25)28)50(16-26)65(8,62)63/h18-29H,9-17,40H2,1-8H3,(H2,41,52)(H,42,53)(H,43,56)(H,44,54)(H,45,57)(H,46,55)(H,47,59)(H,48,60)(H,49,58)/t18-,19-,20-,21-,22-,23-,24-,25?,26+,27-,28-,29+/m0/s1. The van der Waals surface area contributed by atoms with Gasteiger partial charge in [-0.1, -0.05) is 0 Å². The van der Waals surface area contributed by atoms with Crippen LogP contribution < -0.4 is 54.0 Å². The van der Waals surface area contributed by atoms with Gasteiger partial charge in [-0.25, -0.2) is 8.42 Å². The highest BCUT2D eigenvalue weighted by Crippen LogP contribution is 2.38. The van der Waals surface area contributed by atoms with Gasteiger partial charge in [-0.05, 0) is 93.5 Å². The number of thioether (sulfide) groups is 1. The molecule has 26 heteroatoms. The lowest BCUT2D eigenvalue weighted by Crippen LogP contribution is -2.59. The van der Waals surface area contributed by atoms with Crippen LogP contribution in [-0.2, 0) is 58.0 Å². The lowest BCUT2D eigenvalue weighted by atomic mass is 10.1. The Hall–Kier alpha value is -5.08. The molecule has 0 radical (unpaired) electrons. The van der Waals surface area contributed by atoms with E-state index in [0.29, 0.717) is 44.4 Å². The molecule has 0 saturated carbocycles. The average molecular weight is 959 g/mol. The molecule has 0 aromatic rings. The van der Waals surface area contributed by atoms with Crippen LogP contribution in [0.1, 0.15) is 87.0 Å². The fraction of sp³-hybridized carbons (Fsp3) is 0.744. The number of nitrogens with one attached hydrogen (secondary N) is 8. The highest BCUT2D eigenvalue weighted by molar-refractivity contribution is 8.00. The number of hydrogen-bond donors (Lipinski definition) is 10. The zero-order valence-corrected chi connectivity index (χ0v) is 39.7. The van der Waals surface area contributed by atoms with Crippen molar-refractivity contribution in [3.8, 4) is 0 Å². The van der Waals surface area contributed by atoms with Gasteiger partial charge in [-0.3, -0.25) is 47.9 Å². The maximum absolute atomic E-state index is 13.7. The van der Waals surface area contributed by atoms with Crippen molar-refractivity contribution < 1.29 is 56.4 Å². The van der Waals surface area contributed by atoms with Crippen LogP contribution in [0, 0.1) is 0 Å². The number of carbonyl (C=O) groups is 10. The molecule has 3 aliphatic heterocycles. The number of unbranched alkanes of at least 4 members (excludes halogenated alkanes) is 1. The predicted molar refractivity (Wildman–Crippen MR) is 237 cm³/mol. The Morgan fingerprint density at radius 3 is 1.52 bits per heavy atom. The van der Waals surface area contributed by atoms with E-state index in [2.05, 4.69) is 42.5 Å². The average Bonchev–Trinajstić information content (AvgIpc) is 3.87. The van der Waals surface area contributed by atoms with Gasteiger partial charge >= 0.3 is 0 Å². The van der Waals surface area contributed by atoms with Crippen molar-refractivity contribution in [1.82, 2.24) is 51.7 Å². The summed E-state index contributed by atoms with van der Waals surface area (Å²) in [7, 11) is -3.67. The van der Waals surface area contributed by atoms with Gasteiger partial charge in [0.1, 0.15) is 60.4 Å². The van der Waals surface area contributed by atoms with Crippen molar-refractivity contribution in [3.63, 3.8) is 0 Å². The molecule has 12 N–H and O–H groups in total. The Balaban J connectivity index is 1.50. The minimum Gasteiger partial charge on any atom is -0.368 e. The highest BCUT2D eigenvalue weighted by atomic mass is 32.2. The van der Waals surface area contributed by atoms with Gasteiger partial charge in [0, 0.05) is 23.6 Å². The van der Waals surface area contributed by atoms with Crippen molar-refractivity contribution >= 4 is 80.9 Å². The van der Waals surface area contributed by atoms with Crippen molar-refractivity contribution in [2.45, 2.75) is 159 Å². The van der Waals surface area contributed by atoms with Crippen LogP contribution in [0.15, 0.2) is 0 Å². The summed E-state index contributed by atoms with van der Waals surface area (Å²) >= 11 is 1.58. The molecule has 0 spiro atoms. The Morgan fingerprint density at radius 2 is 1.08 bits per heavy atom. The normalized spacial score (nSPS) is 23.2. The second-order valence-corrected chi connectivity index (χ2v) is 20.2. The van der Waals surface area contributed by atoms with E-state index in [4.69, 9.17) is 11.5 Å². The first-order chi connectivity index (χ1) is 30.3. The Kier molecular flexibility index (Phi) is 20.0. The van der Waals surface area contributed by atoms with Crippen molar-refractivity contribution in [2.75, 3.05) is 25.1 Å². The first-order valence-corrected chi connectivity index (χ1v) is 24.5. The first kappa shape index (κ1) is 54.3. The summed E-state index contributed by atoms with van der Waals surface area (Å²) in [5.74, 6) is -6.46. The number of nitrogens with zero attached hydrogens (tertiary/aromatic N) is 2. The van der Waals surface area contributed by atoms with Crippen LogP contribution in [0.4, 0.5) is 0 Å². The van der Waals surface area contributed by atoms with Crippen LogP contribution in [0.3, 0.4) is 0 Å². The molecule has 3 fully saturated rings. The monoisotopic (exact) mass is 958 g/mol. The summed E-state index contributed by atoms with van der Waals surface area (Å²) < 4.78 is 26.1. The number of nitrogens with two attached hydrogens (primary N) is 2. The van der Waals surface area contributed by atoms with Gasteiger partial charge in [-0.2, -0.15) is 16.1 Å². The maximum atomic E-state index is 13.7. The van der Waals surface area contributed by atoms with E-state index in [1.165, 1.54) is 57.7 Å². The predicted octanol–water partition coefficient (Wildman–Crippen LogP) is -4.87.